The molecule has 0 amide bonds. The zero-order valence-electron chi connectivity index (χ0n) is 29.2. The van der Waals surface area contributed by atoms with Crippen LogP contribution in [0.25, 0.3) is 5.57 Å². The number of allylic oxidation sites excluding steroid dienone is 7. The van der Waals surface area contributed by atoms with E-state index in [0.717, 1.165) is 35.6 Å². The smallest absolute Gasteiger partial charge is 0.269 e. The topological polar surface area (TPSA) is 133 Å². The quantitative estimate of drug-likeness (QED) is 0.0816. The molecule has 5 rings (SSSR count). The van der Waals surface area contributed by atoms with Gasteiger partial charge < -0.3 is 10.0 Å². The number of ketones is 1. The lowest BCUT2D eigenvalue weighted by atomic mass is 9.80. The maximum atomic E-state index is 13.5. The first-order valence-electron chi connectivity index (χ1n) is 16.9. The van der Waals surface area contributed by atoms with Gasteiger partial charge in [-0.05, 0) is 79.7 Å². The second-order valence-corrected chi connectivity index (χ2v) is 13.7. The molecule has 3 aromatic carbocycles. The average molecular weight is 675 g/mol. The molecule has 0 aliphatic heterocycles. The molecular weight excluding hydrogens is 632 g/mol. The molecule has 2 unspecified atom stereocenters. The number of carbonyl (C=O) groups is 1. The fraction of sp³-hybridized carbons (Fsp3) is 0.300. The fourth-order valence-corrected chi connectivity index (χ4v) is 6.86. The molecule has 0 saturated heterocycles. The summed E-state index contributed by atoms with van der Waals surface area (Å²) in [5.41, 5.74) is 4.71. The minimum atomic E-state index is -0.422. The minimum Gasteiger partial charge on any atom is -0.871 e. The summed E-state index contributed by atoms with van der Waals surface area (Å²) in [6.45, 7) is 12.8. The summed E-state index contributed by atoms with van der Waals surface area (Å²) >= 11 is 0. The van der Waals surface area contributed by atoms with Gasteiger partial charge in [0.1, 0.15) is 0 Å². The highest BCUT2D eigenvalue weighted by molar-refractivity contribution is 6.39. The SMILES string of the molecule is CC(C)CC(C)N(c1ccc(C2=C([O-])C(=C3C=CC(=[N+](c4ccc([N+](=O)[O-])cc4)C(C)CC(C)C)C=C3)C2=O)cc1)c1ccc([N+](=O)[O-])cc1. The van der Waals surface area contributed by atoms with Crippen LogP contribution in [0.2, 0.25) is 0 Å². The van der Waals surface area contributed by atoms with Crippen molar-refractivity contribution in [2.75, 3.05) is 4.90 Å². The molecule has 0 heterocycles. The van der Waals surface area contributed by atoms with Gasteiger partial charge in [0.25, 0.3) is 11.4 Å². The first kappa shape index (κ1) is 35.7. The number of nitro groups is 2. The number of carbonyl (C=O) groups excluding carboxylic acids is 1. The maximum Gasteiger partial charge on any atom is 0.269 e. The predicted molar refractivity (Wildman–Crippen MR) is 195 cm³/mol. The molecule has 0 aromatic heterocycles. The third-order valence-electron chi connectivity index (χ3n) is 8.96. The van der Waals surface area contributed by atoms with Crippen LogP contribution in [0.3, 0.4) is 0 Å². The number of hydrogen-bond donors (Lipinski definition) is 0. The Bertz CT molecular complexity index is 1930. The molecular formula is C40H42N4O6. The van der Waals surface area contributed by atoms with Crippen LogP contribution >= 0.6 is 0 Å². The average Bonchev–Trinajstić information content (AvgIpc) is 3.06. The highest BCUT2D eigenvalue weighted by Crippen LogP contribution is 2.39. The molecule has 258 valence electrons. The van der Waals surface area contributed by atoms with E-state index < -0.39 is 9.85 Å². The van der Waals surface area contributed by atoms with Crippen molar-refractivity contribution in [2.24, 2.45) is 11.8 Å². The van der Waals surface area contributed by atoms with Crippen LogP contribution in [0, 0.1) is 32.1 Å². The normalized spacial score (nSPS) is 15.4. The Kier molecular flexibility index (Phi) is 10.6. The van der Waals surface area contributed by atoms with E-state index in [1.165, 1.54) is 24.3 Å². The molecule has 10 nitrogen and oxygen atoms in total. The Morgan fingerprint density at radius 2 is 1.08 bits per heavy atom. The van der Waals surface area contributed by atoms with E-state index in [1.54, 1.807) is 48.6 Å². The summed E-state index contributed by atoms with van der Waals surface area (Å²) in [5.74, 6) is 0.220. The van der Waals surface area contributed by atoms with Gasteiger partial charge in [-0.1, -0.05) is 45.6 Å². The van der Waals surface area contributed by atoms with Crippen molar-refractivity contribution < 1.29 is 24.3 Å². The number of benzene rings is 3. The number of anilines is 2. The standard InChI is InChI=1S/C40H42N4O6/c1-25(2)23-27(5)41(33-15-19-35(20-16-33)43(47)48)31-11-7-29(8-12-31)37-39(45)38(40(37)46)30-9-13-32(14-10-30)42(28(6)24-26(3)4)34-17-21-36(22-18-34)44(49)50/h7-22,25-28H,23-24H2,1-6H3. The van der Waals surface area contributed by atoms with Crippen molar-refractivity contribution in [3.63, 3.8) is 0 Å². The second-order valence-electron chi connectivity index (χ2n) is 13.7. The zero-order valence-corrected chi connectivity index (χ0v) is 29.2. The summed E-state index contributed by atoms with van der Waals surface area (Å²) in [6, 6.07) is 20.4. The third kappa shape index (κ3) is 7.49. The zero-order chi connectivity index (χ0) is 36.3. The number of nitro benzene ring substituents is 2. The predicted octanol–water partition coefficient (Wildman–Crippen LogP) is 8.37. The van der Waals surface area contributed by atoms with Crippen LogP contribution in [-0.2, 0) is 4.79 Å². The van der Waals surface area contributed by atoms with Crippen LogP contribution in [0.1, 0.15) is 59.9 Å². The Morgan fingerprint density at radius 3 is 1.54 bits per heavy atom. The van der Waals surface area contributed by atoms with Gasteiger partial charge in [0.05, 0.1) is 9.85 Å². The van der Waals surface area contributed by atoms with Crippen molar-refractivity contribution in [1.82, 2.24) is 0 Å². The van der Waals surface area contributed by atoms with Gasteiger partial charge in [0, 0.05) is 83.5 Å². The Morgan fingerprint density at radius 1 is 0.620 bits per heavy atom. The van der Waals surface area contributed by atoms with Gasteiger partial charge in [0.15, 0.2) is 11.8 Å². The molecule has 0 radical (unpaired) electrons. The molecule has 3 aromatic rings. The lowest BCUT2D eigenvalue weighted by Gasteiger charge is -2.34. The van der Waals surface area contributed by atoms with Crippen LogP contribution in [-0.4, -0.2) is 38.0 Å². The van der Waals surface area contributed by atoms with Crippen LogP contribution in [0.4, 0.5) is 28.4 Å². The van der Waals surface area contributed by atoms with Gasteiger partial charge >= 0.3 is 0 Å². The molecule has 10 heteroatoms. The molecule has 50 heavy (non-hydrogen) atoms. The Balaban J connectivity index is 1.44. The van der Waals surface area contributed by atoms with Crippen molar-refractivity contribution in [3.05, 3.63) is 140 Å². The van der Waals surface area contributed by atoms with E-state index in [9.17, 15) is 30.1 Å². The first-order chi connectivity index (χ1) is 23.8. The Hall–Kier alpha value is -5.64. The third-order valence-corrected chi connectivity index (χ3v) is 8.96. The van der Waals surface area contributed by atoms with Crippen LogP contribution < -0.4 is 10.0 Å². The van der Waals surface area contributed by atoms with Crippen molar-refractivity contribution in [1.29, 1.82) is 0 Å². The van der Waals surface area contributed by atoms with Gasteiger partial charge in [-0.3, -0.25) is 25.0 Å². The molecule has 0 bridgehead atoms. The summed E-state index contributed by atoms with van der Waals surface area (Å²) < 4.78 is 2.11. The number of rotatable bonds is 12. The monoisotopic (exact) mass is 674 g/mol. The van der Waals surface area contributed by atoms with Crippen molar-refractivity contribution >= 4 is 45.5 Å². The lowest BCUT2D eigenvalue weighted by molar-refractivity contribution is -0.481. The highest BCUT2D eigenvalue weighted by Gasteiger charge is 2.32. The molecule has 0 saturated carbocycles. The molecule has 0 spiro atoms. The fourth-order valence-electron chi connectivity index (χ4n) is 6.86. The maximum absolute atomic E-state index is 13.5. The van der Waals surface area contributed by atoms with E-state index in [0.29, 0.717) is 23.0 Å². The first-order valence-corrected chi connectivity index (χ1v) is 16.9. The van der Waals surface area contributed by atoms with E-state index >= 15 is 0 Å². The second kappa shape index (κ2) is 14.9. The number of hydrogen-bond acceptors (Lipinski definition) is 7. The van der Waals surface area contributed by atoms with Crippen LogP contribution in [0.5, 0.6) is 0 Å². The molecule has 0 N–H and O–H groups in total. The van der Waals surface area contributed by atoms with E-state index in [4.69, 9.17) is 0 Å². The molecule has 2 aliphatic rings. The Labute approximate surface area is 292 Å². The molecule has 2 aliphatic carbocycles. The van der Waals surface area contributed by atoms with E-state index in [2.05, 4.69) is 51.0 Å². The molecule has 0 fully saturated rings. The van der Waals surface area contributed by atoms with Crippen LogP contribution in [0.15, 0.2) is 114 Å². The molecule has 2 atom stereocenters. The van der Waals surface area contributed by atoms with Crippen molar-refractivity contribution in [2.45, 2.75) is 66.5 Å². The minimum absolute atomic E-state index is 0.0168. The largest absolute Gasteiger partial charge is 0.871 e. The summed E-state index contributed by atoms with van der Waals surface area (Å²) in [6.07, 6.45) is 9.06. The van der Waals surface area contributed by atoms with Gasteiger partial charge in [0.2, 0.25) is 11.4 Å². The van der Waals surface area contributed by atoms with E-state index in [1.807, 2.05) is 24.3 Å². The van der Waals surface area contributed by atoms with E-state index in [-0.39, 0.29) is 46.1 Å². The summed E-state index contributed by atoms with van der Waals surface area (Å²) in [4.78, 5) is 37.2. The van der Waals surface area contributed by atoms with Gasteiger partial charge in [-0.25, -0.2) is 0 Å². The number of nitrogens with zero attached hydrogens (tertiary/aromatic N) is 4. The lowest BCUT2D eigenvalue weighted by Crippen LogP contribution is -2.31. The summed E-state index contributed by atoms with van der Waals surface area (Å²) in [7, 11) is 0. The van der Waals surface area contributed by atoms with Crippen molar-refractivity contribution in [3.8, 4) is 0 Å². The van der Waals surface area contributed by atoms with Gasteiger partial charge in [-0.15, -0.1) is 0 Å². The highest BCUT2D eigenvalue weighted by atomic mass is 16.6. The number of Topliss-reactive ketones (excluding diaryl/α,β-unsaturated/α-hetero) is 1. The van der Waals surface area contributed by atoms with Gasteiger partial charge in [-0.2, -0.15) is 4.58 Å². The summed E-state index contributed by atoms with van der Waals surface area (Å²) in [5, 5.41) is 35.9. The number of non-ortho nitro benzene ring substituents is 2.